The molecule has 1 aliphatic carbocycles. The van der Waals surface area contributed by atoms with Crippen molar-refractivity contribution in [3.8, 4) is 0 Å². The zero-order valence-corrected chi connectivity index (χ0v) is 11.3. The van der Waals surface area contributed by atoms with Crippen LogP contribution in [0.2, 0.25) is 0 Å². The Morgan fingerprint density at radius 3 is 2.82 bits per heavy atom. The van der Waals surface area contributed by atoms with Crippen LogP contribution in [-0.4, -0.2) is 17.0 Å². The first kappa shape index (κ1) is 11.0. The third-order valence-electron chi connectivity index (χ3n) is 3.49. The standard InChI is InChI=1S/C13H17N3S/c1-4-8-6-10-11(14-3)15-12(9-5-7(9)2)16-13(10)17-8/h6-7,9H,4-5H2,1-3H3,(H,14,15,16). The quantitative estimate of drug-likeness (QED) is 0.903. The maximum absolute atomic E-state index is 4.73. The SMILES string of the molecule is CCc1cc2c(NC)nc(C3CC3C)nc2s1. The van der Waals surface area contributed by atoms with Gasteiger partial charge in [0.25, 0.3) is 0 Å². The van der Waals surface area contributed by atoms with Crippen molar-refractivity contribution in [2.75, 3.05) is 12.4 Å². The van der Waals surface area contributed by atoms with E-state index in [1.807, 2.05) is 7.05 Å². The molecule has 0 radical (unpaired) electrons. The molecule has 90 valence electrons. The number of hydrogen-bond donors (Lipinski definition) is 1. The number of aromatic nitrogens is 2. The van der Waals surface area contributed by atoms with Crippen molar-refractivity contribution in [2.24, 2.45) is 5.92 Å². The van der Waals surface area contributed by atoms with Crippen LogP contribution >= 0.6 is 11.3 Å². The van der Waals surface area contributed by atoms with E-state index >= 15 is 0 Å². The summed E-state index contributed by atoms with van der Waals surface area (Å²) in [4.78, 5) is 11.9. The summed E-state index contributed by atoms with van der Waals surface area (Å²) >= 11 is 1.80. The van der Waals surface area contributed by atoms with Crippen LogP contribution in [0.15, 0.2) is 6.07 Å². The molecule has 0 spiro atoms. The number of hydrogen-bond acceptors (Lipinski definition) is 4. The molecule has 0 aromatic carbocycles. The number of aryl methyl sites for hydroxylation is 1. The van der Waals surface area contributed by atoms with Gasteiger partial charge in [0.15, 0.2) is 0 Å². The summed E-state index contributed by atoms with van der Waals surface area (Å²) in [6.07, 6.45) is 2.31. The van der Waals surface area contributed by atoms with Gasteiger partial charge in [-0.05, 0) is 24.8 Å². The highest BCUT2D eigenvalue weighted by atomic mass is 32.1. The minimum atomic E-state index is 0.582. The lowest BCUT2D eigenvalue weighted by atomic mass is 10.3. The molecule has 1 saturated carbocycles. The maximum Gasteiger partial charge on any atom is 0.138 e. The molecule has 2 aromatic rings. The third-order valence-corrected chi connectivity index (χ3v) is 4.66. The lowest BCUT2D eigenvalue weighted by Gasteiger charge is -2.04. The molecule has 0 saturated heterocycles. The van der Waals surface area contributed by atoms with E-state index in [0.29, 0.717) is 5.92 Å². The second-order valence-corrected chi connectivity index (χ2v) is 5.90. The van der Waals surface area contributed by atoms with Gasteiger partial charge in [-0.3, -0.25) is 0 Å². The van der Waals surface area contributed by atoms with Crippen LogP contribution in [0.1, 0.15) is 36.9 Å². The van der Waals surface area contributed by atoms with Gasteiger partial charge in [0, 0.05) is 17.8 Å². The first-order valence-electron chi connectivity index (χ1n) is 6.21. The van der Waals surface area contributed by atoms with Crippen LogP contribution < -0.4 is 5.32 Å². The number of nitrogens with one attached hydrogen (secondary N) is 1. The Hall–Kier alpha value is -1.16. The molecule has 0 aliphatic heterocycles. The second-order valence-electron chi connectivity index (χ2n) is 4.78. The molecule has 2 aromatic heterocycles. The molecule has 1 fully saturated rings. The summed E-state index contributed by atoms with van der Waals surface area (Å²) in [7, 11) is 1.94. The molecular weight excluding hydrogens is 230 g/mol. The van der Waals surface area contributed by atoms with Gasteiger partial charge in [0.2, 0.25) is 0 Å². The molecule has 3 rings (SSSR count). The van der Waals surface area contributed by atoms with Crippen molar-refractivity contribution in [3.63, 3.8) is 0 Å². The summed E-state index contributed by atoms with van der Waals surface area (Å²) in [6.45, 7) is 4.45. The summed E-state index contributed by atoms with van der Waals surface area (Å²) in [5.74, 6) is 3.35. The Kier molecular flexibility index (Phi) is 2.54. The summed E-state index contributed by atoms with van der Waals surface area (Å²) in [6, 6.07) is 2.21. The molecule has 3 nitrogen and oxygen atoms in total. The van der Waals surface area contributed by atoms with Gasteiger partial charge in [-0.1, -0.05) is 13.8 Å². The van der Waals surface area contributed by atoms with Gasteiger partial charge in [0.1, 0.15) is 16.5 Å². The number of anilines is 1. The van der Waals surface area contributed by atoms with Crippen molar-refractivity contribution in [1.29, 1.82) is 0 Å². The first-order chi connectivity index (χ1) is 8.22. The minimum absolute atomic E-state index is 0.582. The van der Waals surface area contributed by atoms with E-state index in [4.69, 9.17) is 4.98 Å². The Balaban J connectivity index is 2.14. The van der Waals surface area contributed by atoms with Gasteiger partial charge in [-0.25, -0.2) is 9.97 Å². The average Bonchev–Trinajstić information content (AvgIpc) is 2.92. The Labute approximate surface area is 105 Å². The van der Waals surface area contributed by atoms with Crippen LogP contribution in [-0.2, 0) is 6.42 Å². The molecule has 17 heavy (non-hydrogen) atoms. The van der Waals surface area contributed by atoms with Crippen molar-refractivity contribution in [1.82, 2.24) is 9.97 Å². The van der Waals surface area contributed by atoms with Crippen LogP contribution in [0.3, 0.4) is 0 Å². The molecule has 2 unspecified atom stereocenters. The average molecular weight is 247 g/mol. The van der Waals surface area contributed by atoms with E-state index in [0.717, 1.165) is 28.8 Å². The molecule has 0 bridgehead atoms. The summed E-state index contributed by atoms with van der Waals surface area (Å²) < 4.78 is 0. The highest BCUT2D eigenvalue weighted by Gasteiger charge is 2.37. The van der Waals surface area contributed by atoms with Crippen molar-refractivity contribution >= 4 is 27.4 Å². The monoisotopic (exact) mass is 247 g/mol. The Morgan fingerprint density at radius 2 is 2.24 bits per heavy atom. The van der Waals surface area contributed by atoms with E-state index in [9.17, 15) is 0 Å². The van der Waals surface area contributed by atoms with E-state index in [2.05, 4.69) is 30.2 Å². The molecule has 0 amide bonds. The minimum Gasteiger partial charge on any atom is -0.372 e. The van der Waals surface area contributed by atoms with Gasteiger partial charge in [0.05, 0.1) is 5.39 Å². The van der Waals surface area contributed by atoms with Crippen LogP contribution in [0, 0.1) is 5.92 Å². The number of rotatable bonds is 3. The first-order valence-corrected chi connectivity index (χ1v) is 7.02. The fraction of sp³-hybridized carbons (Fsp3) is 0.538. The summed E-state index contributed by atoms with van der Waals surface area (Å²) in [5, 5.41) is 4.37. The molecule has 2 heterocycles. The van der Waals surface area contributed by atoms with Crippen molar-refractivity contribution < 1.29 is 0 Å². The molecule has 1 aliphatic rings. The molecular formula is C13H17N3S. The van der Waals surface area contributed by atoms with E-state index in [1.54, 1.807) is 11.3 Å². The summed E-state index contributed by atoms with van der Waals surface area (Å²) in [5.41, 5.74) is 0. The van der Waals surface area contributed by atoms with E-state index in [-0.39, 0.29) is 0 Å². The van der Waals surface area contributed by atoms with Gasteiger partial charge in [-0.15, -0.1) is 11.3 Å². The highest BCUT2D eigenvalue weighted by Crippen LogP contribution is 2.46. The lowest BCUT2D eigenvalue weighted by molar-refractivity contribution is 0.854. The Morgan fingerprint density at radius 1 is 1.47 bits per heavy atom. The molecule has 1 N–H and O–H groups in total. The predicted molar refractivity (Wildman–Crippen MR) is 72.9 cm³/mol. The lowest BCUT2D eigenvalue weighted by Crippen LogP contribution is -1.99. The van der Waals surface area contributed by atoms with Crippen LogP contribution in [0.5, 0.6) is 0 Å². The van der Waals surface area contributed by atoms with Gasteiger partial charge in [-0.2, -0.15) is 0 Å². The largest absolute Gasteiger partial charge is 0.372 e. The topological polar surface area (TPSA) is 37.8 Å². The fourth-order valence-electron chi connectivity index (χ4n) is 2.20. The van der Waals surface area contributed by atoms with Crippen molar-refractivity contribution in [3.05, 3.63) is 16.8 Å². The van der Waals surface area contributed by atoms with Gasteiger partial charge < -0.3 is 5.32 Å². The van der Waals surface area contributed by atoms with Crippen LogP contribution in [0.25, 0.3) is 10.2 Å². The number of fused-ring (bicyclic) bond motifs is 1. The number of thiophene rings is 1. The third kappa shape index (κ3) is 1.80. The normalized spacial score (nSPS) is 23.0. The Bertz CT molecular complexity index is 561. The van der Waals surface area contributed by atoms with Crippen LogP contribution in [0.4, 0.5) is 5.82 Å². The molecule has 4 heteroatoms. The second kappa shape index (κ2) is 3.95. The maximum atomic E-state index is 4.73. The van der Waals surface area contributed by atoms with Crippen molar-refractivity contribution in [2.45, 2.75) is 32.6 Å². The predicted octanol–water partition coefficient (Wildman–Crippen LogP) is 3.42. The molecule has 2 atom stereocenters. The fourth-order valence-corrected chi connectivity index (χ4v) is 3.17. The number of nitrogens with zero attached hydrogens (tertiary/aromatic N) is 2. The van der Waals surface area contributed by atoms with E-state index in [1.165, 1.54) is 16.7 Å². The zero-order chi connectivity index (χ0) is 12.0. The highest BCUT2D eigenvalue weighted by molar-refractivity contribution is 7.18. The smallest absolute Gasteiger partial charge is 0.138 e. The zero-order valence-electron chi connectivity index (χ0n) is 10.4. The van der Waals surface area contributed by atoms with Gasteiger partial charge >= 0.3 is 0 Å². The van der Waals surface area contributed by atoms with E-state index < -0.39 is 0 Å².